The average Bonchev–Trinajstić information content (AvgIpc) is 1.52. The molecular formula is C85H131N9O31S3. The van der Waals surface area contributed by atoms with Crippen LogP contribution >= 0.6 is 35.7 Å². The lowest BCUT2D eigenvalue weighted by atomic mass is 9.87. The predicted molar refractivity (Wildman–Crippen MR) is 466 cm³/mol. The second-order valence-electron chi connectivity index (χ2n) is 32.5. The topological polar surface area (TPSA) is 531 Å². The van der Waals surface area contributed by atoms with E-state index in [1.165, 1.54) is 70.2 Å². The molecule has 0 aliphatic carbocycles. The number of unbranched alkanes of at least 4 members (excludes halogenated alkanes) is 9. The van der Waals surface area contributed by atoms with Crippen molar-refractivity contribution in [3.63, 3.8) is 0 Å². The van der Waals surface area contributed by atoms with Crippen LogP contribution in [0.2, 0.25) is 0 Å². The Morgan fingerprint density at radius 1 is 0.609 bits per heavy atom. The third-order valence-corrected chi connectivity index (χ3v) is 24.7. The van der Waals surface area contributed by atoms with Gasteiger partial charge in [0.25, 0.3) is 12.4 Å². The highest BCUT2D eigenvalue weighted by Crippen LogP contribution is 2.43. The van der Waals surface area contributed by atoms with Crippen molar-refractivity contribution in [3.8, 4) is 22.5 Å². The molecule has 4 fully saturated rings. The number of hydrogen-bond donors (Lipinski definition) is 13. The Morgan fingerprint density at radius 3 is 1.76 bits per heavy atom. The number of esters is 1. The number of methoxy groups -OCH3 is 2. The van der Waals surface area contributed by atoms with E-state index in [0.29, 0.717) is 33.6 Å². The van der Waals surface area contributed by atoms with Crippen LogP contribution in [0.5, 0.6) is 0 Å². The van der Waals surface area contributed by atoms with Gasteiger partial charge in [-0.05, 0) is 57.9 Å². The van der Waals surface area contributed by atoms with Gasteiger partial charge in [0, 0.05) is 84.1 Å². The summed E-state index contributed by atoms with van der Waals surface area (Å²) >= 11 is 8.73. The predicted octanol–water partition coefficient (Wildman–Crippen LogP) is 1.46. The van der Waals surface area contributed by atoms with E-state index < -0.39 is 170 Å². The fourth-order valence-electron chi connectivity index (χ4n) is 15.3. The number of ether oxygens (including phenoxy) is 15. The maximum Gasteiger partial charge on any atom is 0.311 e. The summed E-state index contributed by atoms with van der Waals surface area (Å²) in [5.74, 6) is -2.62. The van der Waals surface area contributed by atoms with Crippen molar-refractivity contribution >= 4 is 92.8 Å². The highest BCUT2D eigenvalue weighted by molar-refractivity contribution is 8.47. The molecule has 9 unspecified atom stereocenters. The Bertz CT molecular complexity index is 3940. The van der Waals surface area contributed by atoms with Gasteiger partial charge < -0.3 is 143 Å². The Kier molecular flexibility index (Phi) is 45.9. The third-order valence-electron chi connectivity index (χ3n) is 21.9. The van der Waals surface area contributed by atoms with Crippen LogP contribution in [0.3, 0.4) is 0 Å². The minimum atomic E-state index is -2.19. The average molecular weight is 1870 g/mol. The number of para-hydroxylation sites is 1. The number of aliphatic hydroxyl groups is 8. The van der Waals surface area contributed by atoms with Crippen LogP contribution in [0.4, 0.5) is 5.69 Å². The number of benzene rings is 2. The zero-order valence-electron chi connectivity index (χ0n) is 74.1. The smallest absolute Gasteiger partial charge is 0.311 e. The molecule has 13 N–H and O–H groups in total. The number of thiocarbonyl (C=S) groups is 1. The van der Waals surface area contributed by atoms with Crippen LogP contribution in [0.15, 0.2) is 48.5 Å². The first-order valence-corrected chi connectivity index (χ1v) is 45.9. The second kappa shape index (κ2) is 55.1. The van der Waals surface area contributed by atoms with E-state index in [4.69, 9.17) is 83.3 Å². The van der Waals surface area contributed by atoms with Crippen molar-refractivity contribution in [3.05, 3.63) is 54.1 Å². The molecule has 5 aliphatic rings. The number of aryl methyl sites for hydroxylation is 1. The summed E-state index contributed by atoms with van der Waals surface area (Å²) < 4.78 is 87.7. The number of nitrogens with one attached hydrogen (secondary N) is 5. The van der Waals surface area contributed by atoms with Crippen LogP contribution in [0.1, 0.15) is 144 Å². The van der Waals surface area contributed by atoms with Gasteiger partial charge in [-0.3, -0.25) is 38.4 Å². The molecule has 0 bridgehead atoms. The zero-order valence-corrected chi connectivity index (χ0v) is 76.5. The minimum Gasteiger partial charge on any atom is -0.465 e. The zero-order chi connectivity index (χ0) is 93.0. The Labute approximate surface area is 759 Å². The molecule has 720 valence electrons. The second-order valence-corrected chi connectivity index (χ2v) is 36.0. The molecule has 128 heavy (non-hydrogen) atoms. The van der Waals surface area contributed by atoms with Gasteiger partial charge >= 0.3 is 5.97 Å². The van der Waals surface area contributed by atoms with Crippen LogP contribution in [-0.2, 0) is 122 Å². The van der Waals surface area contributed by atoms with E-state index in [-0.39, 0.29) is 129 Å². The van der Waals surface area contributed by atoms with Gasteiger partial charge in [-0.15, -0.1) is 16.9 Å². The first-order chi connectivity index (χ1) is 61.5. The fraction of sp³-hybridized carbons (Fsp3) is 0.729. The molecule has 0 radical (unpaired) electrons. The van der Waals surface area contributed by atoms with Crippen LogP contribution in [0, 0.1) is 5.41 Å². The monoisotopic (exact) mass is 1870 g/mol. The SMILES string of the molecule is CCCCCCCCCCCCSC(=S)SC(CC(C)(C)C(=O)OCCCn1nnc2c1-c1ccccc1N(C(=O)CCNC(=O)CCOCCOCCOCCOCCNC(=O)C1O[C@@H](O[C@@H]3C(NC(C)=O)[C@H](O[C@@H]4C(OC=O)OC(O[C@H]5[C@H](O)C(CO)OC(OC)[C@H]5NC(C)=O)[C@@H](O)[C@H]4O)OC(CO)[C@H]3O)C(O)[C@@H](O)[C@@H]1OC)Cc1ccccc1-2)C(=O)NC(C)C. The summed E-state index contributed by atoms with van der Waals surface area (Å²) in [6.45, 7) is 11.5. The van der Waals surface area contributed by atoms with Crippen LogP contribution in [0.25, 0.3) is 22.5 Å². The molecule has 5 aliphatic heterocycles. The molecular weight excluding hydrogens is 1740 g/mol. The third kappa shape index (κ3) is 31.5. The first kappa shape index (κ1) is 107. The number of fused-ring (bicyclic) bond motifs is 5. The maximum absolute atomic E-state index is 14.4. The van der Waals surface area contributed by atoms with Crippen molar-refractivity contribution < 1.29 is 150 Å². The normalized spacial score (nSPS) is 26.6. The lowest BCUT2D eigenvalue weighted by Gasteiger charge is -2.50. The van der Waals surface area contributed by atoms with Gasteiger partial charge in [0.05, 0.1) is 101 Å². The van der Waals surface area contributed by atoms with E-state index in [9.17, 15) is 79.2 Å². The molecule has 43 heteroatoms. The van der Waals surface area contributed by atoms with Gasteiger partial charge in [0.1, 0.15) is 88.4 Å². The highest BCUT2D eigenvalue weighted by Gasteiger charge is 2.58. The van der Waals surface area contributed by atoms with Crippen LogP contribution < -0.4 is 31.5 Å². The number of hydrogen-bond acceptors (Lipinski definition) is 36. The number of thioether (sulfide) groups is 2. The van der Waals surface area contributed by atoms with E-state index in [0.717, 1.165) is 56.2 Å². The van der Waals surface area contributed by atoms with Gasteiger partial charge in [-0.25, -0.2) is 4.68 Å². The summed E-state index contributed by atoms with van der Waals surface area (Å²) in [6, 6.07) is 12.0. The Hall–Kier alpha value is -6.71. The molecule has 6 heterocycles. The Morgan fingerprint density at radius 2 is 1.16 bits per heavy atom. The largest absolute Gasteiger partial charge is 0.465 e. The number of anilines is 1. The molecule has 6 amide bonds. The van der Waals surface area contributed by atoms with Crippen LogP contribution in [-0.4, -0.2) is 347 Å². The lowest BCUT2D eigenvalue weighted by molar-refractivity contribution is -0.393. The number of aromatic nitrogens is 3. The molecule has 2 aromatic carbocycles. The number of rotatable bonds is 54. The lowest BCUT2D eigenvalue weighted by Crippen LogP contribution is -2.70. The summed E-state index contributed by atoms with van der Waals surface area (Å²) in [5.41, 5.74) is 3.29. The van der Waals surface area contributed by atoms with Gasteiger partial charge in [-0.2, -0.15) is 0 Å². The molecule has 4 saturated heterocycles. The van der Waals surface area contributed by atoms with Crippen molar-refractivity contribution in [1.82, 2.24) is 41.6 Å². The maximum atomic E-state index is 14.4. The number of carbonyl (C=O) groups is 8. The Balaban J connectivity index is 0.718. The van der Waals surface area contributed by atoms with E-state index in [1.807, 2.05) is 62.4 Å². The summed E-state index contributed by atoms with van der Waals surface area (Å²) in [6.07, 6.45) is -20.0. The summed E-state index contributed by atoms with van der Waals surface area (Å²) in [7, 11) is 2.33. The molecule has 21 atom stereocenters. The number of amides is 6. The molecule has 40 nitrogen and oxygen atoms in total. The van der Waals surface area contributed by atoms with E-state index in [2.05, 4.69) is 43.8 Å². The van der Waals surface area contributed by atoms with Gasteiger partial charge in [0.15, 0.2) is 37.4 Å². The quantitative estimate of drug-likeness (QED) is 0.0165. The molecule has 8 rings (SSSR count). The van der Waals surface area contributed by atoms with Crippen molar-refractivity contribution in [2.45, 2.75) is 286 Å². The molecule has 1 aromatic heterocycles. The van der Waals surface area contributed by atoms with Gasteiger partial charge in [0.2, 0.25) is 35.8 Å². The first-order valence-electron chi connectivity index (χ1n) is 43.7. The van der Waals surface area contributed by atoms with Crippen molar-refractivity contribution in [2.75, 3.05) is 111 Å². The highest BCUT2D eigenvalue weighted by atomic mass is 32.2. The molecule has 0 spiro atoms. The molecule has 0 saturated carbocycles. The minimum absolute atomic E-state index is 0.0119. The standard InChI is InChI=1S/C85H131N9O31S3/c1-10-11-12-13-14-15-16-17-18-23-43-127-84(126)128-58(76(108)88-49(2)3)44-85(6,7)83(110)117-34-24-33-94-64-54-27-21-22-28-55(54)93(45-52-25-19-20-26-53(52)61(64)91-92-94)60(101)29-31-86-59(100)30-35-113-37-39-115-41-42-116-40-38-114-36-32-87-77(109)75-73(111-8)67(104)69(106)80(124-75)121-72-63(90-51(5)99)79(120-57(47-96)66(72)103)123-74-68(105)70(107)81(125-82(74)118-48-97)122-71-62(89-50(4)98)78(112-9)119-56(46-95)65(71)102/h19-22,25-28,48-49,56-58,62-63,65-75,78-82,95-96,102-107H,10-18,23-24,29-47H2,1-9H3,(H,86,100)(H,87,109)(H,88,108)(H,89,98)(H,90,99)/t56?,57?,58?,62-,63?,65+,66+,67+,68+,69?,70-,71+,72+,73-,74-,75?,78?,79-,80+,81?,82?/m0/s1. The van der Waals surface area contributed by atoms with E-state index in [1.54, 1.807) is 35.2 Å². The number of nitrogens with zero attached hydrogens (tertiary/aromatic N) is 4. The number of aliphatic hydroxyl groups excluding tert-OH is 8. The molecule has 3 aromatic rings. The van der Waals surface area contributed by atoms with E-state index >= 15 is 0 Å². The van der Waals surface area contributed by atoms with Gasteiger partial charge in [-0.1, -0.05) is 136 Å². The summed E-state index contributed by atoms with van der Waals surface area (Å²) in [4.78, 5) is 107. The van der Waals surface area contributed by atoms with Crippen molar-refractivity contribution in [2.24, 2.45) is 5.41 Å². The fourth-order valence-corrected chi connectivity index (χ4v) is 18.1. The number of carbonyl (C=O) groups excluding carboxylic acids is 8. The van der Waals surface area contributed by atoms with Crippen molar-refractivity contribution in [1.29, 1.82) is 0 Å². The summed E-state index contributed by atoms with van der Waals surface area (Å²) in [5, 5.41) is 111.